The van der Waals surface area contributed by atoms with Crippen molar-refractivity contribution < 1.29 is 17.5 Å². The van der Waals surface area contributed by atoms with Gasteiger partial charge in [-0.3, -0.25) is 4.55 Å². The summed E-state index contributed by atoms with van der Waals surface area (Å²) >= 11 is 6.16. The maximum atomic E-state index is 12.3. The van der Waals surface area contributed by atoms with E-state index in [-0.39, 0.29) is 27.4 Å². The van der Waals surface area contributed by atoms with Crippen molar-refractivity contribution >= 4 is 57.3 Å². The van der Waals surface area contributed by atoms with E-state index in [2.05, 4.69) is 20.6 Å². The minimum absolute atomic E-state index is 0.119. The molecule has 0 fully saturated rings. The molecule has 2 aromatic carbocycles. The highest BCUT2D eigenvalue weighted by molar-refractivity contribution is 7.86. The van der Waals surface area contributed by atoms with Gasteiger partial charge in [-0.25, -0.2) is 4.98 Å². The molecule has 3 aromatic rings. The Bertz CT molecular complexity index is 1260. The first kappa shape index (κ1) is 22.2. The Morgan fingerprint density at radius 2 is 1.77 bits per heavy atom. The van der Waals surface area contributed by atoms with Crippen molar-refractivity contribution in [2.45, 2.75) is 11.8 Å². The zero-order valence-electron chi connectivity index (χ0n) is 16.4. The van der Waals surface area contributed by atoms with Crippen LogP contribution in [-0.2, 0) is 14.7 Å². The molecule has 11 heteroatoms. The monoisotopic (exact) mass is 466 g/mol. The highest BCUT2D eigenvalue weighted by Gasteiger charge is 2.17. The molecule has 0 saturated heterocycles. The van der Waals surface area contributed by atoms with Crippen molar-refractivity contribution in [1.82, 2.24) is 9.97 Å². The Morgan fingerprint density at radius 1 is 1.07 bits per heavy atom. The maximum Gasteiger partial charge on any atom is 0.296 e. The molecular weight excluding hydrogens is 447 g/mol. The highest BCUT2D eigenvalue weighted by Crippen LogP contribution is 2.36. The van der Waals surface area contributed by atoms with Gasteiger partial charge in [-0.15, -0.1) is 0 Å². The lowest BCUT2D eigenvalue weighted by Gasteiger charge is -2.14. The topological polar surface area (TPSA) is 121 Å². The molecule has 1 aromatic heterocycles. The number of nitrogens with zero attached hydrogens (tertiary/aromatic N) is 2. The SMILES string of the molecule is Cc1cc(P(C)(C)=O)ccc1Nc1ncc(Cl)c(Nc2ccccc2S(=O)(=O)O)n1. The van der Waals surface area contributed by atoms with Crippen molar-refractivity contribution in [3.05, 3.63) is 59.2 Å². The number of rotatable bonds is 6. The van der Waals surface area contributed by atoms with Gasteiger partial charge in [0.2, 0.25) is 5.95 Å². The van der Waals surface area contributed by atoms with E-state index in [0.29, 0.717) is 0 Å². The van der Waals surface area contributed by atoms with Crippen LogP contribution in [0.3, 0.4) is 0 Å². The summed E-state index contributed by atoms with van der Waals surface area (Å²) in [6.45, 7) is 5.29. The summed E-state index contributed by atoms with van der Waals surface area (Å²) in [5.74, 6) is 0.379. The van der Waals surface area contributed by atoms with Gasteiger partial charge < -0.3 is 15.2 Å². The first-order chi connectivity index (χ1) is 13.9. The summed E-state index contributed by atoms with van der Waals surface area (Å²) in [6, 6.07) is 11.3. The molecule has 0 atom stereocenters. The van der Waals surface area contributed by atoms with Crippen LogP contribution in [0.25, 0.3) is 0 Å². The number of hydrogen-bond donors (Lipinski definition) is 3. The Kier molecular flexibility index (Phi) is 6.19. The maximum absolute atomic E-state index is 12.3. The molecule has 0 aliphatic carbocycles. The van der Waals surface area contributed by atoms with Gasteiger partial charge in [0.15, 0.2) is 5.82 Å². The summed E-state index contributed by atoms with van der Waals surface area (Å²) in [5.41, 5.74) is 1.70. The molecule has 3 N–H and O–H groups in total. The fraction of sp³-hybridized carbons (Fsp3) is 0.158. The van der Waals surface area contributed by atoms with Gasteiger partial charge in [0.1, 0.15) is 17.1 Å². The molecule has 0 aliphatic heterocycles. The molecule has 8 nitrogen and oxygen atoms in total. The van der Waals surface area contributed by atoms with Crippen LogP contribution in [0.1, 0.15) is 5.56 Å². The molecule has 0 unspecified atom stereocenters. The summed E-state index contributed by atoms with van der Waals surface area (Å²) in [7, 11) is -6.81. The Balaban J connectivity index is 1.91. The number of anilines is 4. The number of aromatic nitrogens is 2. The van der Waals surface area contributed by atoms with Crippen molar-refractivity contribution in [2.24, 2.45) is 0 Å². The van der Waals surface area contributed by atoms with Crippen molar-refractivity contribution in [3.8, 4) is 0 Å². The predicted molar refractivity (Wildman–Crippen MR) is 120 cm³/mol. The first-order valence-electron chi connectivity index (χ1n) is 8.74. The van der Waals surface area contributed by atoms with Gasteiger partial charge in [0, 0.05) is 11.0 Å². The van der Waals surface area contributed by atoms with Gasteiger partial charge in [-0.1, -0.05) is 23.7 Å². The first-order valence-corrected chi connectivity index (χ1v) is 13.2. The molecule has 30 heavy (non-hydrogen) atoms. The average Bonchev–Trinajstić information content (AvgIpc) is 2.65. The van der Waals surface area contributed by atoms with Gasteiger partial charge >= 0.3 is 0 Å². The summed E-state index contributed by atoms with van der Waals surface area (Å²) < 4.78 is 44.9. The molecule has 0 bridgehead atoms. The van der Waals surface area contributed by atoms with Crippen LogP contribution in [0.5, 0.6) is 0 Å². The summed E-state index contributed by atoms with van der Waals surface area (Å²) in [4.78, 5) is 8.14. The van der Waals surface area contributed by atoms with Crippen LogP contribution in [0.15, 0.2) is 53.6 Å². The smallest absolute Gasteiger partial charge is 0.296 e. The van der Waals surface area contributed by atoms with Crippen molar-refractivity contribution in [1.29, 1.82) is 0 Å². The third kappa shape index (κ3) is 5.17. The summed E-state index contributed by atoms with van der Waals surface area (Å²) in [5, 5.41) is 6.82. The van der Waals surface area contributed by atoms with Crippen LogP contribution in [0.4, 0.5) is 23.1 Å². The third-order valence-corrected chi connectivity index (χ3v) is 6.95. The van der Waals surface area contributed by atoms with E-state index < -0.39 is 17.3 Å². The van der Waals surface area contributed by atoms with E-state index in [0.717, 1.165) is 16.6 Å². The van der Waals surface area contributed by atoms with E-state index >= 15 is 0 Å². The van der Waals surface area contributed by atoms with Crippen LogP contribution < -0.4 is 15.9 Å². The highest BCUT2D eigenvalue weighted by atomic mass is 35.5. The lowest BCUT2D eigenvalue weighted by atomic mass is 10.2. The van der Waals surface area contributed by atoms with Crippen LogP contribution in [-0.4, -0.2) is 36.3 Å². The van der Waals surface area contributed by atoms with Crippen molar-refractivity contribution in [2.75, 3.05) is 24.0 Å². The third-order valence-electron chi connectivity index (χ3n) is 4.24. The number of para-hydroxylation sites is 1. The zero-order chi connectivity index (χ0) is 22.1. The second-order valence-electron chi connectivity index (χ2n) is 6.96. The predicted octanol–water partition coefficient (Wildman–Crippen LogP) is 4.42. The lowest BCUT2D eigenvalue weighted by molar-refractivity contribution is 0.483. The molecule has 0 amide bonds. The number of hydrogen-bond acceptors (Lipinski definition) is 7. The Hall–Kier alpha value is -2.45. The van der Waals surface area contributed by atoms with Crippen LogP contribution in [0, 0.1) is 6.92 Å². The van der Waals surface area contributed by atoms with Gasteiger partial charge in [0.05, 0.1) is 11.9 Å². The lowest BCUT2D eigenvalue weighted by Crippen LogP contribution is -2.07. The second kappa shape index (κ2) is 8.35. The van der Waals surface area contributed by atoms with Gasteiger partial charge in [0.25, 0.3) is 10.1 Å². The molecule has 3 rings (SSSR count). The van der Waals surface area contributed by atoms with Gasteiger partial charge in [-0.05, 0) is 56.1 Å². The molecule has 0 aliphatic rings. The fourth-order valence-corrected chi connectivity index (χ4v) is 4.40. The molecular formula is C19H20ClN4O4PS. The number of halogens is 1. The quantitative estimate of drug-likeness (QED) is 0.360. The second-order valence-corrected chi connectivity index (χ2v) is 12.0. The Labute approximate surface area is 179 Å². The fourth-order valence-electron chi connectivity index (χ4n) is 2.68. The van der Waals surface area contributed by atoms with E-state index in [9.17, 15) is 17.5 Å². The normalized spacial score (nSPS) is 11.9. The number of aryl methyl sites for hydroxylation is 1. The van der Waals surface area contributed by atoms with E-state index in [4.69, 9.17) is 11.6 Å². The van der Waals surface area contributed by atoms with Crippen LogP contribution >= 0.6 is 18.7 Å². The van der Waals surface area contributed by atoms with E-state index in [1.807, 2.05) is 13.0 Å². The molecule has 158 valence electrons. The number of nitrogens with one attached hydrogen (secondary N) is 2. The minimum Gasteiger partial charge on any atom is -0.338 e. The average molecular weight is 467 g/mol. The van der Waals surface area contributed by atoms with Crippen molar-refractivity contribution in [3.63, 3.8) is 0 Å². The molecule has 0 spiro atoms. The standard InChI is InChI=1S/C19H20ClN4O4PS/c1-12-10-13(29(2,3)25)8-9-15(12)23-19-21-11-14(20)18(24-19)22-16-6-4-5-7-17(16)30(26,27)28/h4-11H,1-3H3,(H,26,27,28)(H2,21,22,23,24). The molecule has 1 heterocycles. The van der Waals surface area contributed by atoms with E-state index in [1.54, 1.807) is 31.5 Å². The summed E-state index contributed by atoms with van der Waals surface area (Å²) in [6.07, 6.45) is 1.37. The zero-order valence-corrected chi connectivity index (χ0v) is 18.9. The molecule has 0 saturated carbocycles. The Morgan fingerprint density at radius 3 is 2.40 bits per heavy atom. The largest absolute Gasteiger partial charge is 0.338 e. The van der Waals surface area contributed by atoms with Gasteiger partial charge in [-0.2, -0.15) is 13.4 Å². The molecule has 0 radical (unpaired) electrons. The van der Waals surface area contributed by atoms with E-state index in [1.165, 1.54) is 24.4 Å². The van der Waals surface area contributed by atoms with Crippen LogP contribution in [0.2, 0.25) is 5.02 Å². The minimum atomic E-state index is -4.43. The number of benzene rings is 2.